The molecule has 9 atom stereocenters. The highest BCUT2D eigenvalue weighted by atomic mass is 32.2. The molecule has 0 aliphatic carbocycles. The minimum atomic E-state index is -1.41. The molecule has 0 saturated carbocycles. The van der Waals surface area contributed by atoms with Crippen molar-refractivity contribution in [1.29, 1.82) is 0 Å². The van der Waals surface area contributed by atoms with Crippen LogP contribution >= 0.6 is 34.9 Å². The molecule has 0 bridgehead atoms. The number of carbonyl (C=O) groups excluding carboxylic acids is 2. The molecule has 3 aliphatic rings. The number of nitrogens with zero attached hydrogens (tertiary/aromatic N) is 2. The van der Waals surface area contributed by atoms with E-state index in [1.54, 1.807) is 12.5 Å². The highest BCUT2D eigenvalue weighted by molar-refractivity contribution is 8.01. The van der Waals surface area contributed by atoms with Gasteiger partial charge in [0.05, 0.1) is 18.3 Å². The van der Waals surface area contributed by atoms with Gasteiger partial charge in [0.1, 0.15) is 34.7 Å². The molecule has 3 fully saturated rings. The Bertz CT molecular complexity index is 994. The minimum Gasteiger partial charge on any atom is -0.388 e. The summed E-state index contributed by atoms with van der Waals surface area (Å²) in [5, 5.41) is 38.2. The van der Waals surface area contributed by atoms with Gasteiger partial charge in [-0.2, -0.15) is 0 Å². The van der Waals surface area contributed by atoms with Gasteiger partial charge in [0, 0.05) is 18.3 Å². The normalized spacial score (nSPS) is 32.3. The van der Waals surface area contributed by atoms with Gasteiger partial charge in [-0.05, 0) is 50.8 Å². The van der Waals surface area contributed by atoms with Gasteiger partial charge in [-0.15, -0.1) is 23.1 Å². The zero-order valence-electron chi connectivity index (χ0n) is 24.2. The molecular weight excluding hydrogens is 585 g/mol. The van der Waals surface area contributed by atoms with Crippen molar-refractivity contribution >= 4 is 46.7 Å². The van der Waals surface area contributed by atoms with E-state index in [-0.39, 0.29) is 23.1 Å². The molecule has 4 rings (SSSR count). The Morgan fingerprint density at radius 1 is 1.22 bits per heavy atom. The predicted molar refractivity (Wildman–Crippen MR) is 163 cm³/mol. The first kappa shape index (κ1) is 33.0. The molecule has 0 radical (unpaired) electrons. The van der Waals surface area contributed by atoms with E-state index in [9.17, 15) is 24.9 Å². The van der Waals surface area contributed by atoms with E-state index in [1.165, 1.54) is 34.9 Å². The highest BCUT2D eigenvalue weighted by Gasteiger charge is 2.48. The standard InChI is InChI=1S/C28H46N4O6S3/c1-4-5-9-17-10-11-29-18(14-17)25(36)31-20(24-22(34)21(33)23(35)27(38-24)39-3)16(2)40-28-30-15-19(41-28)26(37)32-12-7-6-8-13-32/h15-18,20-24,27,29,33-35H,4-14H2,1-3H3,(H,31,36)/t16-,17+,18-,20+,21?,22?,23?,24?,27?/m1/s1. The summed E-state index contributed by atoms with van der Waals surface area (Å²) < 4.78 is 6.79. The summed E-state index contributed by atoms with van der Waals surface area (Å²) >= 11 is 3.97. The molecule has 41 heavy (non-hydrogen) atoms. The van der Waals surface area contributed by atoms with Crippen molar-refractivity contribution in [3.8, 4) is 0 Å². The number of nitrogens with one attached hydrogen (secondary N) is 2. The van der Waals surface area contributed by atoms with Crippen LogP contribution in [0, 0.1) is 5.92 Å². The number of hydrogen-bond donors (Lipinski definition) is 5. The minimum absolute atomic E-state index is 0.00138. The number of amides is 2. The fourth-order valence-electron chi connectivity index (χ4n) is 5.94. The molecule has 0 aromatic carbocycles. The summed E-state index contributed by atoms with van der Waals surface area (Å²) in [4.78, 5) is 33.5. The third kappa shape index (κ3) is 8.37. The van der Waals surface area contributed by atoms with E-state index < -0.39 is 35.9 Å². The van der Waals surface area contributed by atoms with E-state index in [1.807, 2.05) is 11.8 Å². The zero-order valence-corrected chi connectivity index (χ0v) is 26.7. The van der Waals surface area contributed by atoms with Gasteiger partial charge in [0.25, 0.3) is 5.91 Å². The number of rotatable bonds is 11. The summed E-state index contributed by atoms with van der Waals surface area (Å²) in [5.41, 5.74) is -0.755. The lowest BCUT2D eigenvalue weighted by Crippen LogP contribution is -2.65. The van der Waals surface area contributed by atoms with Crippen molar-refractivity contribution in [2.24, 2.45) is 5.92 Å². The first-order chi connectivity index (χ1) is 19.7. The summed E-state index contributed by atoms with van der Waals surface area (Å²) in [6, 6.07) is -1.05. The van der Waals surface area contributed by atoms with E-state index >= 15 is 0 Å². The van der Waals surface area contributed by atoms with Crippen molar-refractivity contribution < 1.29 is 29.6 Å². The third-order valence-electron chi connectivity index (χ3n) is 8.43. The molecule has 5 N–H and O–H groups in total. The summed E-state index contributed by atoms with van der Waals surface area (Å²) in [5.74, 6) is 0.317. The van der Waals surface area contributed by atoms with Gasteiger partial charge in [-0.1, -0.05) is 44.9 Å². The number of likely N-dealkylation sites (tertiary alicyclic amines) is 1. The molecule has 3 aliphatic heterocycles. The van der Waals surface area contributed by atoms with Crippen LogP contribution in [0.1, 0.15) is 74.9 Å². The predicted octanol–water partition coefficient (Wildman–Crippen LogP) is 2.46. The molecule has 2 amide bonds. The third-order valence-corrected chi connectivity index (χ3v) is 11.6. The molecule has 5 unspecified atom stereocenters. The number of thiazole rings is 1. The van der Waals surface area contributed by atoms with Crippen molar-refractivity contribution in [2.45, 2.75) is 117 Å². The summed E-state index contributed by atoms with van der Waals surface area (Å²) in [7, 11) is 0. The van der Waals surface area contributed by atoms with Crippen LogP contribution in [0.2, 0.25) is 0 Å². The Balaban J connectivity index is 1.50. The van der Waals surface area contributed by atoms with Crippen molar-refractivity contribution in [2.75, 3.05) is 25.9 Å². The Hall–Kier alpha value is -0.930. The maximum absolute atomic E-state index is 13.6. The molecule has 3 saturated heterocycles. The molecular formula is C28H46N4O6S3. The Morgan fingerprint density at radius 3 is 2.68 bits per heavy atom. The average molecular weight is 631 g/mol. The lowest BCUT2D eigenvalue weighted by molar-refractivity contribution is -0.205. The molecule has 1 aromatic heterocycles. The van der Waals surface area contributed by atoms with E-state index in [4.69, 9.17) is 4.74 Å². The number of hydrogen-bond acceptors (Lipinski definition) is 11. The second-order valence-corrected chi connectivity index (χ2v) is 15.0. The number of aliphatic hydroxyl groups excluding tert-OH is 3. The Labute approximate surface area is 255 Å². The van der Waals surface area contributed by atoms with Crippen molar-refractivity contribution in [1.82, 2.24) is 20.5 Å². The van der Waals surface area contributed by atoms with Crippen LogP contribution in [0.5, 0.6) is 0 Å². The topological polar surface area (TPSA) is 144 Å². The van der Waals surface area contributed by atoms with Crippen LogP contribution in [0.15, 0.2) is 10.5 Å². The SMILES string of the molecule is CCCC[C@H]1CCN[C@@H](C(=O)N[C@H](C2OC(SC)C(O)C(O)C2O)[C@@H](C)Sc2ncc(C(=O)N3CCCCC3)s2)C1. The average Bonchev–Trinajstić information content (AvgIpc) is 3.46. The van der Waals surface area contributed by atoms with Crippen molar-refractivity contribution in [3.05, 3.63) is 11.1 Å². The largest absolute Gasteiger partial charge is 0.388 e. The Morgan fingerprint density at radius 2 is 1.98 bits per heavy atom. The van der Waals surface area contributed by atoms with Gasteiger partial charge in [0.2, 0.25) is 5.91 Å². The molecule has 232 valence electrons. The number of unbranched alkanes of at least 4 members (excludes halogenated alkanes) is 1. The van der Waals surface area contributed by atoms with Crippen LogP contribution in [-0.2, 0) is 9.53 Å². The number of aliphatic hydroxyl groups is 3. The van der Waals surface area contributed by atoms with Gasteiger partial charge >= 0.3 is 0 Å². The zero-order chi connectivity index (χ0) is 29.5. The summed E-state index contributed by atoms with van der Waals surface area (Å²) in [6.07, 6.45) is 6.70. The van der Waals surface area contributed by atoms with E-state index in [0.29, 0.717) is 15.1 Å². The van der Waals surface area contributed by atoms with Gasteiger partial charge in [-0.25, -0.2) is 4.98 Å². The fraction of sp³-hybridized carbons (Fsp3) is 0.821. The molecule has 0 spiro atoms. The number of piperidine rings is 2. The van der Waals surface area contributed by atoms with Crippen LogP contribution in [0.3, 0.4) is 0 Å². The first-order valence-corrected chi connectivity index (χ1v) is 17.9. The number of ether oxygens (including phenoxy) is 1. The summed E-state index contributed by atoms with van der Waals surface area (Å²) in [6.45, 7) is 6.39. The molecule has 1 aromatic rings. The lowest BCUT2D eigenvalue weighted by Gasteiger charge is -2.44. The molecule has 4 heterocycles. The smallest absolute Gasteiger partial charge is 0.265 e. The first-order valence-electron chi connectivity index (χ1n) is 14.9. The lowest BCUT2D eigenvalue weighted by atomic mass is 9.87. The van der Waals surface area contributed by atoms with E-state index in [0.717, 1.165) is 71.0 Å². The van der Waals surface area contributed by atoms with Crippen LogP contribution in [0.4, 0.5) is 0 Å². The highest BCUT2D eigenvalue weighted by Crippen LogP contribution is 2.36. The van der Waals surface area contributed by atoms with Gasteiger partial charge < -0.3 is 35.6 Å². The van der Waals surface area contributed by atoms with E-state index in [2.05, 4.69) is 22.5 Å². The number of thioether (sulfide) groups is 2. The maximum Gasteiger partial charge on any atom is 0.265 e. The molecule has 10 nitrogen and oxygen atoms in total. The number of carbonyl (C=O) groups is 2. The second-order valence-electron chi connectivity index (χ2n) is 11.4. The monoisotopic (exact) mass is 630 g/mol. The second kappa shape index (κ2) is 15.7. The van der Waals surface area contributed by atoms with Gasteiger partial charge in [-0.3, -0.25) is 9.59 Å². The van der Waals surface area contributed by atoms with Crippen LogP contribution in [0.25, 0.3) is 0 Å². The van der Waals surface area contributed by atoms with Crippen LogP contribution < -0.4 is 10.6 Å². The van der Waals surface area contributed by atoms with Crippen molar-refractivity contribution in [3.63, 3.8) is 0 Å². The van der Waals surface area contributed by atoms with Crippen LogP contribution in [-0.4, -0.2) is 110 Å². The van der Waals surface area contributed by atoms with Gasteiger partial charge in [0.15, 0.2) is 4.34 Å². The quantitative estimate of drug-likeness (QED) is 0.231. The maximum atomic E-state index is 13.6. The fourth-order valence-corrected chi connectivity index (χ4v) is 8.96. The number of aromatic nitrogens is 1. The Kier molecular flexibility index (Phi) is 12.6. The molecule has 13 heteroatoms.